The van der Waals surface area contributed by atoms with Gasteiger partial charge in [0, 0.05) is 11.8 Å². The molecule has 0 amide bonds. The van der Waals surface area contributed by atoms with E-state index in [-0.39, 0.29) is 0 Å². The summed E-state index contributed by atoms with van der Waals surface area (Å²) in [5, 5.41) is 5.62. The first kappa shape index (κ1) is 28.9. The summed E-state index contributed by atoms with van der Waals surface area (Å²) in [5.74, 6) is 0.649. The van der Waals surface area contributed by atoms with Crippen LogP contribution in [0.4, 0.5) is 0 Å². The predicted octanol–water partition coefficient (Wildman–Crippen LogP) is 13.8. The van der Waals surface area contributed by atoms with Crippen molar-refractivity contribution >= 4 is 43.8 Å². The summed E-state index contributed by atoms with van der Waals surface area (Å²) in [6, 6.07) is 32.4. The first-order chi connectivity index (χ1) is 25.8. The maximum Gasteiger partial charge on any atom is 0.0206 e. The lowest BCUT2D eigenvalue weighted by molar-refractivity contribution is 0.656. The number of allylic oxidation sites excluding steroid dienone is 18. The summed E-state index contributed by atoms with van der Waals surface area (Å²) in [4.78, 5) is 0. The van der Waals surface area contributed by atoms with Gasteiger partial charge in [0.2, 0.25) is 0 Å². The summed E-state index contributed by atoms with van der Waals surface area (Å²) in [5.41, 5.74) is 23.3. The zero-order valence-corrected chi connectivity index (χ0v) is 29.3. The number of benzene rings is 5. The molecule has 0 spiro atoms. The molecule has 7 aliphatic carbocycles. The van der Waals surface area contributed by atoms with Crippen LogP contribution in [-0.2, 0) is 0 Å². The molecular formula is C52H38. The third-order valence-corrected chi connectivity index (χ3v) is 13.0. The van der Waals surface area contributed by atoms with Gasteiger partial charge >= 0.3 is 0 Å². The number of rotatable bonds is 3. The molecule has 5 aromatic rings. The molecule has 7 aliphatic rings. The highest BCUT2D eigenvalue weighted by atomic mass is 14.5. The minimum Gasteiger partial charge on any atom is -0.0842 e. The van der Waals surface area contributed by atoms with Crippen molar-refractivity contribution in [2.24, 2.45) is 11.8 Å². The van der Waals surface area contributed by atoms with Gasteiger partial charge in [-0.05, 0) is 155 Å². The molecule has 12 rings (SSSR count). The van der Waals surface area contributed by atoms with Crippen molar-refractivity contribution < 1.29 is 0 Å². The molecule has 0 fully saturated rings. The molecule has 0 saturated carbocycles. The monoisotopic (exact) mass is 662 g/mol. The Kier molecular flexibility index (Phi) is 6.06. The van der Waals surface area contributed by atoms with E-state index in [0.29, 0.717) is 11.8 Å². The maximum atomic E-state index is 2.65. The molecule has 0 heterocycles. The highest BCUT2D eigenvalue weighted by molar-refractivity contribution is 6.30. The molecule has 0 radical (unpaired) electrons. The quantitative estimate of drug-likeness (QED) is 0.169. The van der Waals surface area contributed by atoms with Gasteiger partial charge in [0.25, 0.3) is 0 Å². The Labute approximate surface area is 305 Å². The van der Waals surface area contributed by atoms with Gasteiger partial charge in [-0.25, -0.2) is 0 Å². The normalized spacial score (nSPS) is 21.8. The van der Waals surface area contributed by atoms with Crippen LogP contribution in [0.3, 0.4) is 0 Å². The lowest BCUT2D eigenvalue weighted by Crippen LogP contribution is -2.22. The molecule has 0 bridgehead atoms. The fraction of sp³-hybridized carbons (Fsp3) is 0.154. The Balaban J connectivity index is 1.24. The van der Waals surface area contributed by atoms with Gasteiger partial charge in [-0.3, -0.25) is 0 Å². The fourth-order valence-electron chi connectivity index (χ4n) is 10.9. The van der Waals surface area contributed by atoms with Crippen molar-refractivity contribution in [3.05, 3.63) is 190 Å². The van der Waals surface area contributed by atoms with Crippen LogP contribution < -0.4 is 0 Å². The van der Waals surface area contributed by atoms with E-state index in [1.165, 1.54) is 99.5 Å². The number of fused-ring (bicyclic) bond motifs is 8. The molecule has 0 saturated heterocycles. The van der Waals surface area contributed by atoms with Crippen molar-refractivity contribution in [1.29, 1.82) is 0 Å². The molecule has 52 heavy (non-hydrogen) atoms. The smallest absolute Gasteiger partial charge is 0.0206 e. The van der Waals surface area contributed by atoms with Gasteiger partial charge in [0.05, 0.1) is 0 Å². The largest absolute Gasteiger partial charge is 0.0842 e. The van der Waals surface area contributed by atoms with E-state index in [1.807, 2.05) is 0 Å². The van der Waals surface area contributed by atoms with Crippen molar-refractivity contribution in [3.8, 4) is 22.3 Å². The zero-order chi connectivity index (χ0) is 33.9. The van der Waals surface area contributed by atoms with Crippen LogP contribution in [0.25, 0.3) is 66.1 Å². The molecule has 246 valence electrons. The lowest BCUT2D eigenvalue weighted by atomic mass is 9.68. The molecule has 0 heteroatoms. The molecule has 2 unspecified atom stereocenters. The van der Waals surface area contributed by atoms with E-state index < -0.39 is 0 Å². The van der Waals surface area contributed by atoms with Gasteiger partial charge < -0.3 is 0 Å². The molecule has 5 aromatic carbocycles. The third-order valence-electron chi connectivity index (χ3n) is 13.0. The van der Waals surface area contributed by atoms with E-state index in [2.05, 4.69) is 146 Å². The summed E-state index contributed by atoms with van der Waals surface area (Å²) >= 11 is 0. The second-order valence-electron chi connectivity index (χ2n) is 15.6. The lowest BCUT2D eigenvalue weighted by Gasteiger charge is -2.35. The van der Waals surface area contributed by atoms with Gasteiger partial charge in [0.1, 0.15) is 0 Å². The minimum absolute atomic E-state index is 0.309. The SMILES string of the molecule is C1=CCCC(C2=CC3=C(C=C4c5c(c(-c6ccccc6)c6cc7c8c(cccc8c6c5-c5ccccc5)C5=C7CCC=C5)C5=CC=CC3C54)CC2)=C1. The first-order valence-corrected chi connectivity index (χ1v) is 19.3. The van der Waals surface area contributed by atoms with Crippen molar-refractivity contribution in [1.82, 2.24) is 0 Å². The van der Waals surface area contributed by atoms with Crippen LogP contribution in [0.1, 0.15) is 60.8 Å². The molecular weight excluding hydrogens is 625 g/mol. The van der Waals surface area contributed by atoms with E-state index in [9.17, 15) is 0 Å². The Morgan fingerprint density at radius 3 is 2.17 bits per heavy atom. The molecule has 2 atom stereocenters. The highest BCUT2D eigenvalue weighted by Gasteiger charge is 2.45. The van der Waals surface area contributed by atoms with Crippen LogP contribution in [-0.4, -0.2) is 0 Å². The minimum atomic E-state index is 0.309. The van der Waals surface area contributed by atoms with Crippen LogP contribution >= 0.6 is 0 Å². The Hall–Kier alpha value is -5.72. The van der Waals surface area contributed by atoms with E-state index in [0.717, 1.165) is 38.5 Å². The van der Waals surface area contributed by atoms with Gasteiger partial charge in [-0.2, -0.15) is 0 Å². The standard InChI is InChI=1S/C52H38/c1-4-14-31(15-5-1)34-26-27-35-29-44-49-39(42(35)28-34)23-13-25-41(49)51-46(32-16-6-2-7-17-32)45-30-43-37-21-11-10-20-36(37)38-22-12-24-40(48(38)43)50(45)47(52(44)51)33-18-8-3-9-19-33/h1-4,6-10,12-14,16-20,22-25,28-30,39,49H,5,11,15,21,26-27H2. The van der Waals surface area contributed by atoms with Crippen molar-refractivity contribution in [3.63, 3.8) is 0 Å². The average molecular weight is 663 g/mol. The Morgan fingerprint density at radius 2 is 1.35 bits per heavy atom. The van der Waals surface area contributed by atoms with Gasteiger partial charge in [-0.1, -0.05) is 140 Å². The highest BCUT2D eigenvalue weighted by Crippen LogP contribution is 2.63. The second kappa shape index (κ2) is 10.9. The summed E-state index contributed by atoms with van der Waals surface area (Å²) in [6.07, 6.45) is 31.1. The van der Waals surface area contributed by atoms with Crippen molar-refractivity contribution in [2.45, 2.75) is 38.5 Å². The molecule has 0 nitrogen and oxygen atoms in total. The van der Waals surface area contributed by atoms with Crippen LogP contribution in [0.15, 0.2) is 168 Å². The number of hydrogen-bond donors (Lipinski definition) is 0. The van der Waals surface area contributed by atoms with Crippen LogP contribution in [0.2, 0.25) is 0 Å². The summed E-state index contributed by atoms with van der Waals surface area (Å²) < 4.78 is 0. The average Bonchev–Trinajstić information content (AvgIpc) is 3.72. The molecule has 0 aliphatic heterocycles. The Morgan fingerprint density at radius 1 is 0.538 bits per heavy atom. The summed E-state index contributed by atoms with van der Waals surface area (Å²) in [6.45, 7) is 0. The van der Waals surface area contributed by atoms with E-state index in [4.69, 9.17) is 0 Å². The summed E-state index contributed by atoms with van der Waals surface area (Å²) in [7, 11) is 0. The Bertz CT molecular complexity index is 2740. The first-order valence-electron chi connectivity index (χ1n) is 19.3. The van der Waals surface area contributed by atoms with E-state index in [1.54, 1.807) is 11.1 Å². The van der Waals surface area contributed by atoms with Crippen LogP contribution in [0, 0.1) is 11.8 Å². The molecule has 0 N–H and O–H groups in total. The van der Waals surface area contributed by atoms with Crippen LogP contribution in [0.5, 0.6) is 0 Å². The van der Waals surface area contributed by atoms with Gasteiger partial charge in [0.15, 0.2) is 0 Å². The number of hydrogen-bond acceptors (Lipinski definition) is 0. The van der Waals surface area contributed by atoms with Gasteiger partial charge in [-0.15, -0.1) is 0 Å². The van der Waals surface area contributed by atoms with E-state index >= 15 is 0 Å². The van der Waals surface area contributed by atoms with Crippen molar-refractivity contribution in [2.75, 3.05) is 0 Å². The second-order valence-corrected chi connectivity index (χ2v) is 15.6. The topological polar surface area (TPSA) is 0 Å². The maximum absolute atomic E-state index is 2.65. The predicted molar refractivity (Wildman–Crippen MR) is 220 cm³/mol. The zero-order valence-electron chi connectivity index (χ0n) is 29.3. The third kappa shape index (κ3) is 3.88. The molecule has 0 aromatic heterocycles. The fourth-order valence-corrected chi connectivity index (χ4v) is 10.9.